The smallest absolute Gasteiger partial charge is 0.431 e. The van der Waals surface area contributed by atoms with Crippen LogP contribution in [0.2, 0.25) is 5.02 Å². The van der Waals surface area contributed by atoms with Crippen molar-refractivity contribution in [3.63, 3.8) is 0 Å². The summed E-state index contributed by atoms with van der Waals surface area (Å²) in [5, 5.41) is -0.406. The van der Waals surface area contributed by atoms with Crippen molar-refractivity contribution in [3.8, 4) is 23.3 Å². The van der Waals surface area contributed by atoms with E-state index in [0.717, 1.165) is 19.9 Å². The third kappa shape index (κ3) is 5.90. The van der Waals surface area contributed by atoms with Gasteiger partial charge in [-0.3, -0.25) is 9.36 Å². The lowest BCUT2D eigenvalue weighted by Gasteiger charge is -2.15. The molecule has 1 saturated carbocycles. The zero-order chi connectivity index (χ0) is 26.9. The molecule has 196 valence electrons. The highest BCUT2D eigenvalue weighted by atomic mass is 35.5. The van der Waals surface area contributed by atoms with Crippen molar-refractivity contribution in [1.82, 2.24) is 19.1 Å². The van der Waals surface area contributed by atoms with Crippen LogP contribution in [0.5, 0.6) is 17.5 Å². The number of carbonyl (C=O) groups excluding carboxylic acids is 1. The summed E-state index contributed by atoms with van der Waals surface area (Å²) in [7, 11) is 0.765. The van der Waals surface area contributed by atoms with Gasteiger partial charge in [-0.25, -0.2) is 23.5 Å². The average molecular weight is 545 g/mol. The first-order valence-corrected chi connectivity index (χ1v) is 11.0. The summed E-state index contributed by atoms with van der Waals surface area (Å²) in [6.07, 6.45) is -1.70. The van der Waals surface area contributed by atoms with Crippen LogP contribution in [0.1, 0.15) is 18.5 Å². The Bertz CT molecular complexity index is 1470. The molecule has 0 atom stereocenters. The van der Waals surface area contributed by atoms with Gasteiger partial charge in [0, 0.05) is 25.4 Å². The molecule has 0 aromatic carbocycles. The number of esters is 1. The summed E-state index contributed by atoms with van der Waals surface area (Å²) in [6.45, 7) is -0.207. The maximum absolute atomic E-state index is 14.7. The zero-order valence-electron chi connectivity index (χ0n) is 18.9. The molecule has 1 aliphatic rings. The van der Waals surface area contributed by atoms with Gasteiger partial charge in [-0.05, 0) is 30.9 Å². The summed E-state index contributed by atoms with van der Waals surface area (Å²) in [5.74, 6) is -3.35. The molecule has 3 aromatic heterocycles. The van der Waals surface area contributed by atoms with Gasteiger partial charge in [-0.15, -0.1) is 0 Å². The Balaban J connectivity index is 1.64. The van der Waals surface area contributed by atoms with E-state index < -0.39 is 58.2 Å². The molecule has 0 unspecified atom stereocenters. The van der Waals surface area contributed by atoms with E-state index in [-0.39, 0.29) is 33.4 Å². The molecule has 0 bridgehead atoms. The van der Waals surface area contributed by atoms with Gasteiger partial charge in [0.25, 0.3) is 11.4 Å². The van der Waals surface area contributed by atoms with Gasteiger partial charge < -0.3 is 14.2 Å². The van der Waals surface area contributed by atoms with E-state index in [2.05, 4.69) is 9.97 Å². The fraction of sp³-hybridized carbons (Fsp3) is 0.318. The SMILES string of the molecule is Cn1c(C(F)(F)F)cc(=O)n(-c2nc(Oc3cccnc3OCC(=O)OCC3CC3)c(Cl)cc2F)c1=O. The highest BCUT2D eigenvalue weighted by molar-refractivity contribution is 6.31. The Kier molecular flexibility index (Phi) is 7.21. The molecule has 0 aliphatic heterocycles. The van der Waals surface area contributed by atoms with Gasteiger partial charge in [-0.2, -0.15) is 18.2 Å². The fourth-order valence-corrected chi connectivity index (χ4v) is 3.27. The average Bonchev–Trinajstić information content (AvgIpc) is 3.66. The molecule has 3 heterocycles. The first-order chi connectivity index (χ1) is 17.5. The highest BCUT2D eigenvalue weighted by Gasteiger charge is 2.35. The topological polar surface area (TPSA) is 115 Å². The lowest BCUT2D eigenvalue weighted by molar-refractivity contribution is -0.146. The van der Waals surface area contributed by atoms with Crippen molar-refractivity contribution < 1.29 is 36.6 Å². The maximum Gasteiger partial charge on any atom is 0.431 e. The first kappa shape index (κ1) is 26.1. The van der Waals surface area contributed by atoms with Gasteiger partial charge in [0.2, 0.25) is 5.88 Å². The lowest BCUT2D eigenvalue weighted by atomic mass is 10.3. The molecule has 10 nitrogen and oxygen atoms in total. The molecular weight excluding hydrogens is 528 g/mol. The van der Waals surface area contributed by atoms with E-state index in [9.17, 15) is 31.9 Å². The number of rotatable bonds is 8. The van der Waals surface area contributed by atoms with Crippen molar-refractivity contribution in [2.45, 2.75) is 19.0 Å². The molecular formula is C22H17ClF4N4O6. The van der Waals surface area contributed by atoms with Crippen molar-refractivity contribution >= 4 is 17.6 Å². The summed E-state index contributed by atoms with van der Waals surface area (Å²) in [6, 6.07) is 3.58. The van der Waals surface area contributed by atoms with Crippen LogP contribution in [0, 0.1) is 11.7 Å². The quantitative estimate of drug-likeness (QED) is 0.314. The van der Waals surface area contributed by atoms with Crippen LogP contribution >= 0.6 is 11.6 Å². The van der Waals surface area contributed by atoms with Crippen molar-refractivity contribution in [2.24, 2.45) is 13.0 Å². The molecule has 0 amide bonds. The highest BCUT2D eigenvalue weighted by Crippen LogP contribution is 2.34. The molecule has 3 aromatic rings. The minimum absolute atomic E-state index is 0.101. The number of pyridine rings is 2. The Morgan fingerprint density at radius 3 is 2.62 bits per heavy atom. The molecule has 37 heavy (non-hydrogen) atoms. The van der Waals surface area contributed by atoms with Crippen LogP contribution in [0.25, 0.3) is 5.82 Å². The van der Waals surface area contributed by atoms with Gasteiger partial charge in [-0.1, -0.05) is 11.6 Å². The lowest BCUT2D eigenvalue weighted by Crippen LogP contribution is -2.41. The van der Waals surface area contributed by atoms with Crippen molar-refractivity contribution in [1.29, 1.82) is 0 Å². The molecule has 0 radical (unpaired) electrons. The van der Waals surface area contributed by atoms with Crippen LogP contribution in [0.3, 0.4) is 0 Å². The van der Waals surface area contributed by atoms with Crippen LogP contribution in [-0.2, 0) is 22.8 Å². The van der Waals surface area contributed by atoms with E-state index in [0.29, 0.717) is 12.0 Å². The molecule has 0 saturated heterocycles. The normalized spacial score (nSPS) is 13.4. The number of aromatic nitrogens is 4. The molecule has 0 spiro atoms. The minimum atomic E-state index is -5.01. The maximum atomic E-state index is 14.7. The van der Waals surface area contributed by atoms with Crippen molar-refractivity contribution in [3.05, 3.63) is 67.8 Å². The zero-order valence-corrected chi connectivity index (χ0v) is 19.7. The largest absolute Gasteiger partial charge is 0.463 e. The third-order valence-electron chi connectivity index (χ3n) is 5.15. The minimum Gasteiger partial charge on any atom is -0.463 e. The predicted octanol–water partition coefficient (Wildman–Crippen LogP) is 3.26. The fourth-order valence-electron chi connectivity index (χ4n) is 3.09. The van der Waals surface area contributed by atoms with E-state index in [1.807, 2.05) is 0 Å². The number of ether oxygens (including phenoxy) is 3. The summed E-state index contributed by atoms with van der Waals surface area (Å²) >= 11 is 6.01. The molecule has 1 fully saturated rings. The number of halogens is 5. The van der Waals surface area contributed by atoms with Crippen LogP contribution in [0.4, 0.5) is 17.6 Å². The predicted molar refractivity (Wildman–Crippen MR) is 119 cm³/mol. The number of hydrogen-bond donors (Lipinski definition) is 0. The summed E-state index contributed by atoms with van der Waals surface area (Å²) in [5.41, 5.74) is -4.52. The Morgan fingerprint density at radius 1 is 1.22 bits per heavy atom. The van der Waals surface area contributed by atoms with E-state index in [4.69, 9.17) is 25.8 Å². The van der Waals surface area contributed by atoms with E-state index >= 15 is 0 Å². The van der Waals surface area contributed by atoms with Gasteiger partial charge >= 0.3 is 17.8 Å². The third-order valence-corrected chi connectivity index (χ3v) is 5.42. The standard InChI is InChI=1S/C22H17ClF4N4O6/c1-30-15(22(25,26)27)8-16(32)31(21(30)34)18-13(24)7-12(23)19(29-18)37-14-3-2-6-28-20(14)36-10-17(33)35-9-11-4-5-11/h2-3,6-8,11H,4-5,9-10H2,1H3. The second kappa shape index (κ2) is 10.2. The van der Waals surface area contributed by atoms with Crippen LogP contribution < -0.4 is 20.7 Å². The number of carbonyl (C=O) groups is 1. The second-order valence-corrected chi connectivity index (χ2v) is 8.35. The Morgan fingerprint density at radius 2 is 1.95 bits per heavy atom. The molecule has 0 N–H and O–H groups in total. The van der Waals surface area contributed by atoms with Gasteiger partial charge in [0.15, 0.2) is 24.0 Å². The summed E-state index contributed by atoms with van der Waals surface area (Å²) in [4.78, 5) is 44.5. The van der Waals surface area contributed by atoms with Crippen LogP contribution in [0.15, 0.2) is 40.1 Å². The van der Waals surface area contributed by atoms with Gasteiger partial charge in [0.1, 0.15) is 10.7 Å². The monoisotopic (exact) mass is 544 g/mol. The molecule has 1 aliphatic carbocycles. The van der Waals surface area contributed by atoms with Crippen molar-refractivity contribution in [2.75, 3.05) is 13.2 Å². The van der Waals surface area contributed by atoms with E-state index in [1.54, 1.807) is 0 Å². The first-order valence-electron chi connectivity index (χ1n) is 10.6. The van der Waals surface area contributed by atoms with E-state index in [1.165, 1.54) is 18.3 Å². The number of alkyl halides is 3. The molecule has 15 heteroatoms. The number of hydrogen-bond acceptors (Lipinski definition) is 8. The summed E-state index contributed by atoms with van der Waals surface area (Å²) < 4.78 is 70.2. The van der Waals surface area contributed by atoms with Gasteiger partial charge in [0.05, 0.1) is 6.61 Å². The molecule has 4 rings (SSSR count). The second-order valence-electron chi connectivity index (χ2n) is 7.95. The Labute approximate surface area is 210 Å². The number of nitrogens with zero attached hydrogens (tertiary/aromatic N) is 4. The Hall–Kier alpha value is -3.94. The van der Waals surface area contributed by atoms with Crippen LogP contribution in [-0.4, -0.2) is 38.3 Å².